The summed E-state index contributed by atoms with van der Waals surface area (Å²) < 4.78 is 18.6. The summed E-state index contributed by atoms with van der Waals surface area (Å²) in [5.41, 5.74) is 2.00. The van der Waals surface area contributed by atoms with Crippen molar-refractivity contribution in [1.82, 2.24) is 10.3 Å². The predicted octanol–water partition coefficient (Wildman–Crippen LogP) is 4.61. The molecule has 0 spiro atoms. The van der Waals surface area contributed by atoms with Crippen LogP contribution in [0.5, 0.6) is 0 Å². The molecule has 0 bridgehead atoms. The molecule has 3 rings (SSSR count). The fourth-order valence-electron chi connectivity index (χ4n) is 2.07. The lowest BCUT2D eigenvalue weighted by atomic mass is 10.2. The van der Waals surface area contributed by atoms with E-state index in [1.54, 1.807) is 18.3 Å². The zero-order chi connectivity index (χ0) is 14.5. The lowest BCUT2D eigenvalue weighted by molar-refractivity contribution is 0.493. The van der Waals surface area contributed by atoms with Crippen molar-refractivity contribution in [3.8, 4) is 11.3 Å². The number of hydrogen-bond donors (Lipinski definition) is 1. The Morgan fingerprint density at radius 3 is 2.43 bits per heavy atom. The van der Waals surface area contributed by atoms with Gasteiger partial charge in [0.15, 0.2) is 0 Å². The third-order valence-corrected chi connectivity index (χ3v) is 3.14. The largest absolute Gasteiger partial charge is 0.460 e. The van der Waals surface area contributed by atoms with E-state index in [2.05, 4.69) is 10.3 Å². The molecular formula is C17H17Cl2FN2O. The van der Waals surface area contributed by atoms with E-state index in [1.165, 1.54) is 12.1 Å². The highest BCUT2D eigenvalue weighted by Crippen LogP contribution is 2.22. The second kappa shape index (κ2) is 9.30. The summed E-state index contributed by atoms with van der Waals surface area (Å²) in [5.74, 6) is 1.34. The second-order valence-electron chi connectivity index (χ2n) is 4.74. The van der Waals surface area contributed by atoms with Crippen LogP contribution in [-0.2, 0) is 13.1 Å². The van der Waals surface area contributed by atoms with Crippen LogP contribution in [0.4, 0.5) is 4.39 Å². The molecule has 0 aliphatic heterocycles. The van der Waals surface area contributed by atoms with E-state index >= 15 is 0 Å². The number of nitrogens with zero attached hydrogens (tertiary/aromatic N) is 1. The van der Waals surface area contributed by atoms with Crippen LogP contribution in [0.25, 0.3) is 11.3 Å². The van der Waals surface area contributed by atoms with Gasteiger partial charge in [-0.1, -0.05) is 6.07 Å². The van der Waals surface area contributed by atoms with Crippen LogP contribution in [0.3, 0.4) is 0 Å². The normalized spacial score (nSPS) is 9.78. The molecule has 0 amide bonds. The molecule has 2 heterocycles. The lowest BCUT2D eigenvalue weighted by Crippen LogP contribution is -2.12. The van der Waals surface area contributed by atoms with Gasteiger partial charge in [-0.05, 0) is 48.0 Å². The fraction of sp³-hybridized carbons (Fsp3) is 0.118. The summed E-state index contributed by atoms with van der Waals surface area (Å²) >= 11 is 0. The van der Waals surface area contributed by atoms with Gasteiger partial charge in [-0.3, -0.25) is 4.98 Å². The molecule has 1 aromatic carbocycles. The number of nitrogens with one attached hydrogen (secondary N) is 1. The van der Waals surface area contributed by atoms with E-state index in [9.17, 15) is 4.39 Å². The summed E-state index contributed by atoms with van der Waals surface area (Å²) in [4.78, 5) is 4.07. The molecule has 0 radical (unpaired) electrons. The summed E-state index contributed by atoms with van der Waals surface area (Å²) in [6, 6.07) is 14.0. The summed E-state index contributed by atoms with van der Waals surface area (Å²) in [6.45, 7) is 1.37. The minimum atomic E-state index is -0.247. The maximum Gasteiger partial charge on any atom is 0.134 e. The van der Waals surface area contributed by atoms with Crippen molar-refractivity contribution in [3.63, 3.8) is 0 Å². The Balaban J connectivity index is 0.00000132. The minimum absolute atomic E-state index is 0. The fourth-order valence-corrected chi connectivity index (χ4v) is 2.07. The predicted molar refractivity (Wildman–Crippen MR) is 93.4 cm³/mol. The number of aromatic nitrogens is 1. The molecule has 3 aromatic rings. The standard InChI is InChI=1S/C17H15FN2O.2ClH/c18-15-5-3-14(4-6-15)17-8-7-16(21-17)12-20-11-13-2-1-9-19-10-13;;/h1-10,20H,11-12H2;2*1H. The van der Waals surface area contributed by atoms with Gasteiger partial charge in [0, 0.05) is 24.5 Å². The Morgan fingerprint density at radius 1 is 0.957 bits per heavy atom. The molecule has 0 saturated carbocycles. The van der Waals surface area contributed by atoms with Gasteiger partial charge in [0.25, 0.3) is 0 Å². The van der Waals surface area contributed by atoms with Gasteiger partial charge in [-0.2, -0.15) is 0 Å². The number of benzene rings is 1. The van der Waals surface area contributed by atoms with Gasteiger partial charge in [0.2, 0.25) is 0 Å². The first-order chi connectivity index (χ1) is 10.3. The van der Waals surface area contributed by atoms with E-state index in [0.29, 0.717) is 6.54 Å². The molecule has 0 saturated heterocycles. The van der Waals surface area contributed by atoms with E-state index < -0.39 is 0 Å². The maximum absolute atomic E-state index is 12.9. The smallest absolute Gasteiger partial charge is 0.134 e. The Hall–Kier alpha value is -1.88. The Morgan fingerprint density at radius 2 is 1.74 bits per heavy atom. The summed E-state index contributed by atoms with van der Waals surface area (Å²) in [5, 5.41) is 3.30. The molecule has 122 valence electrons. The average molecular weight is 355 g/mol. The molecule has 0 aliphatic carbocycles. The quantitative estimate of drug-likeness (QED) is 0.726. The van der Waals surface area contributed by atoms with Crippen LogP contribution in [0, 0.1) is 5.82 Å². The topological polar surface area (TPSA) is 38.1 Å². The van der Waals surface area contributed by atoms with Crippen molar-refractivity contribution in [3.05, 3.63) is 78.1 Å². The monoisotopic (exact) mass is 354 g/mol. The van der Waals surface area contributed by atoms with Gasteiger partial charge in [0.05, 0.1) is 6.54 Å². The van der Waals surface area contributed by atoms with Crippen LogP contribution >= 0.6 is 24.8 Å². The average Bonchev–Trinajstić information content (AvgIpc) is 2.98. The van der Waals surface area contributed by atoms with E-state index in [0.717, 1.165) is 29.2 Å². The third-order valence-electron chi connectivity index (χ3n) is 3.14. The molecule has 0 fully saturated rings. The highest BCUT2D eigenvalue weighted by molar-refractivity contribution is 5.85. The molecule has 1 N–H and O–H groups in total. The van der Waals surface area contributed by atoms with Gasteiger partial charge in [-0.25, -0.2) is 4.39 Å². The SMILES string of the molecule is Cl.Cl.Fc1ccc(-c2ccc(CNCc3cccnc3)o2)cc1. The van der Waals surface area contributed by atoms with E-state index in [1.807, 2.05) is 30.5 Å². The van der Waals surface area contributed by atoms with Crippen molar-refractivity contribution in [2.24, 2.45) is 0 Å². The van der Waals surface area contributed by atoms with Gasteiger partial charge in [-0.15, -0.1) is 24.8 Å². The second-order valence-corrected chi connectivity index (χ2v) is 4.74. The van der Waals surface area contributed by atoms with Crippen molar-refractivity contribution < 1.29 is 8.81 Å². The molecule has 2 aromatic heterocycles. The molecule has 6 heteroatoms. The number of hydrogen-bond acceptors (Lipinski definition) is 3. The Bertz CT molecular complexity index is 702. The van der Waals surface area contributed by atoms with Gasteiger partial charge in [0.1, 0.15) is 17.3 Å². The summed E-state index contributed by atoms with van der Waals surface area (Å²) in [6.07, 6.45) is 3.59. The highest BCUT2D eigenvalue weighted by atomic mass is 35.5. The first-order valence-electron chi connectivity index (χ1n) is 6.75. The van der Waals surface area contributed by atoms with Crippen molar-refractivity contribution in [2.75, 3.05) is 0 Å². The zero-order valence-corrected chi connectivity index (χ0v) is 13.9. The van der Waals surface area contributed by atoms with Crippen LogP contribution in [0.2, 0.25) is 0 Å². The first-order valence-corrected chi connectivity index (χ1v) is 6.75. The van der Waals surface area contributed by atoms with Crippen LogP contribution in [-0.4, -0.2) is 4.98 Å². The molecular weight excluding hydrogens is 338 g/mol. The maximum atomic E-state index is 12.9. The van der Waals surface area contributed by atoms with Gasteiger partial charge < -0.3 is 9.73 Å². The third kappa shape index (κ3) is 5.36. The number of halogens is 3. The van der Waals surface area contributed by atoms with Crippen LogP contribution in [0.15, 0.2) is 65.3 Å². The molecule has 23 heavy (non-hydrogen) atoms. The van der Waals surface area contributed by atoms with Crippen LogP contribution < -0.4 is 5.32 Å². The first kappa shape index (κ1) is 19.2. The van der Waals surface area contributed by atoms with Crippen molar-refractivity contribution >= 4 is 24.8 Å². The van der Waals surface area contributed by atoms with Crippen molar-refractivity contribution in [1.29, 1.82) is 0 Å². The number of pyridine rings is 1. The highest BCUT2D eigenvalue weighted by Gasteiger charge is 2.04. The van der Waals surface area contributed by atoms with Crippen molar-refractivity contribution in [2.45, 2.75) is 13.1 Å². The molecule has 3 nitrogen and oxygen atoms in total. The zero-order valence-electron chi connectivity index (χ0n) is 12.2. The van der Waals surface area contributed by atoms with Gasteiger partial charge >= 0.3 is 0 Å². The Labute approximate surface area is 146 Å². The van der Waals surface area contributed by atoms with Crippen LogP contribution in [0.1, 0.15) is 11.3 Å². The number of furan rings is 1. The number of rotatable bonds is 5. The summed E-state index contributed by atoms with van der Waals surface area (Å²) in [7, 11) is 0. The molecule has 0 aliphatic rings. The van der Waals surface area contributed by atoms with E-state index in [-0.39, 0.29) is 30.6 Å². The lowest BCUT2D eigenvalue weighted by Gasteiger charge is -2.02. The van der Waals surface area contributed by atoms with E-state index in [4.69, 9.17) is 4.42 Å². The minimum Gasteiger partial charge on any atom is -0.460 e. The Kier molecular flexibility index (Phi) is 7.75. The molecule has 0 unspecified atom stereocenters. The molecule has 0 atom stereocenters.